The Morgan fingerprint density at radius 3 is 2.07 bits per heavy atom. The Morgan fingerprint density at radius 1 is 1.21 bits per heavy atom. The third-order valence-corrected chi connectivity index (χ3v) is 7.67. The predicted octanol–water partition coefficient (Wildman–Crippen LogP) is 3.31. The molecular weight excluding hydrogens is 194 g/mol. The highest BCUT2D eigenvalue weighted by atomic mass is 28.3. The van der Waals surface area contributed by atoms with E-state index in [0.717, 1.165) is 12.8 Å². The van der Waals surface area contributed by atoms with Crippen LogP contribution in [-0.4, -0.2) is 19.5 Å². The first kappa shape index (κ1) is 11.7. The summed E-state index contributed by atoms with van der Waals surface area (Å²) in [6.07, 6.45) is 5.83. The molecule has 3 nitrogen and oxygen atoms in total. The van der Waals surface area contributed by atoms with E-state index in [9.17, 15) is 10.1 Å². The number of rotatable bonds is 3. The summed E-state index contributed by atoms with van der Waals surface area (Å²) in [6.45, 7) is 7.05. The van der Waals surface area contributed by atoms with E-state index >= 15 is 0 Å². The molecule has 4 heteroatoms. The summed E-state index contributed by atoms with van der Waals surface area (Å²) < 4.78 is 0. The van der Waals surface area contributed by atoms with Crippen LogP contribution in [-0.2, 0) is 0 Å². The van der Waals surface area contributed by atoms with Gasteiger partial charge >= 0.3 is 0 Å². The number of nitrogens with zero attached hydrogens (tertiary/aromatic N) is 1. The average molecular weight is 215 g/mol. The van der Waals surface area contributed by atoms with Crippen molar-refractivity contribution < 1.29 is 4.92 Å². The molecule has 1 fully saturated rings. The Morgan fingerprint density at radius 2 is 1.71 bits per heavy atom. The fourth-order valence-corrected chi connectivity index (χ4v) is 5.08. The van der Waals surface area contributed by atoms with Gasteiger partial charge in [-0.3, -0.25) is 10.1 Å². The van der Waals surface area contributed by atoms with Gasteiger partial charge in [0.2, 0.25) is 6.54 Å². The molecule has 0 atom stereocenters. The molecule has 0 bridgehead atoms. The Hall–Kier alpha value is -0.383. The first-order valence-electron chi connectivity index (χ1n) is 5.49. The predicted molar refractivity (Wildman–Crippen MR) is 61.0 cm³/mol. The van der Waals surface area contributed by atoms with E-state index in [1.807, 2.05) is 0 Å². The largest absolute Gasteiger partial charge is 0.265 e. The van der Waals surface area contributed by atoms with Gasteiger partial charge in [0.15, 0.2) is 0 Å². The Labute approximate surface area is 87.1 Å². The van der Waals surface area contributed by atoms with Gasteiger partial charge in [-0.25, -0.2) is 0 Å². The zero-order valence-corrected chi connectivity index (χ0v) is 10.5. The van der Waals surface area contributed by atoms with Crippen LogP contribution in [0.2, 0.25) is 24.7 Å². The maximum atomic E-state index is 10.7. The first-order valence-corrected chi connectivity index (χ1v) is 8.99. The highest BCUT2D eigenvalue weighted by Crippen LogP contribution is 2.50. The molecule has 0 aromatic carbocycles. The number of nitro groups is 1. The van der Waals surface area contributed by atoms with Gasteiger partial charge in [0.25, 0.3) is 0 Å². The molecule has 1 aliphatic carbocycles. The molecule has 0 aliphatic heterocycles. The van der Waals surface area contributed by atoms with Crippen LogP contribution in [0.1, 0.15) is 32.1 Å². The SMILES string of the molecule is C[Si](C)(C)C1(C[N+](=O)[O-])CCCCC1. The van der Waals surface area contributed by atoms with Crippen LogP contribution in [0.4, 0.5) is 0 Å². The average Bonchev–Trinajstić information content (AvgIpc) is 2.02. The zero-order valence-electron chi connectivity index (χ0n) is 9.51. The lowest BCUT2D eigenvalue weighted by molar-refractivity contribution is -0.487. The molecule has 1 aliphatic rings. The zero-order chi connectivity index (χ0) is 10.8. The van der Waals surface area contributed by atoms with Crippen molar-refractivity contribution in [3.05, 3.63) is 10.1 Å². The second-order valence-corrected chi connectivity index (χ2v) is 11.1. The second kappa shape index (κ2) is 4.01. The topological polar surface area (TPSA) is 43.1 Å². The lowest BCUT2D eigenvalue weighted by atomic mass is 9.88. The molecular formula is C10H21NO2Si. The van der Waals surface area contributed by atoms with Crippen molar-refractivity contribution in [2.75, 3.05) is 6.54 Å². The van der Waals surface area contributed by atoms with Crippen LogP contribution in [0.15, 0.2) is 0 Å². The van der Waals surface area contributed by atoms with Gasteiger partial charge in [0, 0.05) is 9.96 Å². The van der Waals surface area contributed by atoms with Crippen LogP contribution in [0.25, 0.3) is 0 Å². The molecule has 82 valence electrons. The quantitative estimate of drug-likeness (QED) is 0.412. The summed E-state index contributed by atoms with van der Waals surface area (Å²) >= 11 is 0. The van der Waals surface area contributed by atoms with Crippen molar-refractivity contribution in [1.29, 1.82) is 0 Å². The smallest absolute Gasteiger partial charge is 0.207 e. The Bertz CT molecular complexity index is 217. The molecule has 1 saturated carbocycles. The maximum Gasteiger partial charge on any atom is 0.207 e. The monoisotopic (exact) mass is 215 g/mol. The van der Waals surface area contributed by atoms with E-state index in [4.69, 9.17) is 0 Å². The molecule has 0 saturated heterocycles. The molecule has 0 aromatic rings. The minimum Gasteiger partial charge on any atom is -0.265 e. The van der Waals surface area contributed by atoms with Gasteiger partial charge < -0.3 is 0 Å². The maximum absolute atomic E-state index is 10.7. The van der Waals surface area contributed by atoms with Gasteiger partial charge in [-0.05, 0) is 12.8 Å². The summed E-state index contributed by atoms with van der Waals surface area (Å²) in [4.78, 5) is 10.7. The van der Waals surface area contributed by atoms with Crippen LogP contribution in [0, 0.1) is 10.1 Å². The van der Waals surface area contributed by atoms with E-state index in [-0.39, 0.29) is 16.5 Å². The number of hydrogen-bond donors (Lipinski definition) is 0. The van der Waals surface area contributed by atoms with Gasteiger partial charge in [-0.1, -0.05) is 38.9 Å². The Kier molecular flexibility index (Phi) is 3.34. The van der Waals surface area contributed by atoms with Crippen molar-refractivity contribution in [2.24, 2.45) is 0 Å². The summed E-state index contributed by atoms with van der Waals surface area (Å²) in [6, 6.07) is 0. The summed E-state index contributed by atoms with van der Waals surface area (Å²) in [7, 11) is -1.41. The van der Waals surface area contributed by atoms with E-state index < -0.39 is 8.07 Å². The van der Waals surface area contributed by atoms with Crippen molar-refractivity contribution in [3.63, 3.8) is 0 Å². The van der Waals surface area contributed by atoms with E-state index in [1.165, 1.54) is 19.3 Å². The van der Waals surface area contributed by atoms with Crippen LogP contribution in [0.5, 0.6) is 0 Å². The fourth-order valence-electron chi connectivity index (χ4n) is 2.62. The molecule has 14 heavy (non-hydrogen) atoms. The van der Waals surface area contributed by atoms with Gasteiger partial charge in [-0.2, -0.15) is 0 Å². The normalized spacial score (nSPS) is 21.9. The highest BCUT2D eigenvalue weighted by Gasteiger charge is 2.47. The van der Waals surface area contributed by atoms with Crippen molar-refractivity contribution >= 4 is 8.07 Å². The minimum atomic E-state index is -1.41. The standard InChI is InChI=1S/C10H21NO2Si/c1-14(2,3)10(9-11(12)13)7-5-4-6-8-10/h4-9H2,1-3H3. The van der Waals surface area contributed by atoms with Crippen molar-refractivity contribution in [3.8, 4) is 0 Å². The summed E-state index contributed by atoms with van der Waals surface area (Å²) in [5.41, 5.74) is 0. The van der Waals surface area contributed by atoms with Gasteiger partial charge in [-0.15, -0.1) is 0 Å². The molecule has 0 aromatic heterocycles. The first-order chi connectivity index (χ1) is 6.37. The van der Waals surface area contributed by atoms with Gasteiger partial charge in [0.1, 0.15) is 0 Å². The third-order valence-electron chi connectivity index (χ3n) is 3.83. The molecule has 0 amide bonds. The van der Waals surface area contributed by atoms with Crippen molar-refractivity contribution in [2.45, 2.75) is 56.8 Å². The van der Waals surface area contributed by atoms with Gasteiger partial charge in [0.05, 0.1) is 8.07 Å². The number of hydrogen-bond acceptors (Lipinski definition) is 2. The fraction of sp³-hybridized carbons (Fsp3) is 1.00. The minimum absolute atomic E-state index is 0.0781. The van der Waals surface area contributed by atoms with E-state index in [1.54, 1.807) is 0 Å². The van der Waals surface area contributed by atoms with Crippen molar-refractivity contribution in [1.82, 2.24) is 0 Å². The molecule has 0 spiro atoms. The molecule has 1 rings (SSSR count). The summed E-state index contributed by atoms with van der Waals surface area (Å²) in [5, 5.41) is 10.8. The lowest BCUT2D eigenvalue weighted by Crippen LogP contribution is -2.45. The van der Waals surface area contributed by atoms with E-state index in [2.05, 4.69) is 19.6 Å². The third kappa shape index (κ3) is 2.35. The molecule has 0 unspecified atom stereocenters. The van der Waals surface area contributed by atoms with Crippen LogP contribution < -0.4 is 0 Å². The molecule has 0 heterocycles. The summed E-state index contributed by atoms with van der Waals surface area (Å²) in [5.74, 6) is 0. The molecule has 0 radical (unpaired) electrons. The highest BCUT2D eigenvalue weighted by molar-refractivity contribution is 6.79. The molecule has 0 N–H and O–H groups in total. The van der Waals surface area contributed by atoms with E-state index in [0.29, 0.717) is 0 Å². The van der Waals surface area contributed by atoms with Crippen LogP contribution >= 0.6 is 0 Å². The van der Waals surface area contributed by atoms with Crippen LogP contribution in [0.3, 0.4) is 0 Å². The Balaban J connectivity index is 2.83. The second-order valence-electron chi connectivity index (χ2n) is 5.58. The lowest BCUT2D eigenvalue weighted by Gasteiger charge is -2.43.